The van der Waals surface area contributed by atoms with E-state index in [1.54, 1.807) is 19.2 Å². The lowest BCUT2D eigenvalue weighted by Crippen LogP contribution is -2.42. The molecule has 0 amide bonds. The average Bonchev–Trinajstić information content (AvgIpc) is 3.28. The van der Waals surface area contributed by atoms with Crippen LogP contribution >= 0.6 is 35.6 Å². The number of hydrogen-bond acceptors (Lipinski definition) is 3. The molecule has 2 saturated heterocycles. The van der Waals surface area contributed by atoms with Gasteiger partial charge in [-0.1, -0.05) is 11.6 Å². The highest BCUT2D eigenvalue weighted by atomic mass is 127. The van der Waals surface area contributed by atoms with Gasteiger partial charge in [0.05, 0.1) is 0 Å². The van der Waals surface area contributed by atoms with Crippen molar-refractivity contribution in [2.45, 2.75) is 38.5 Å². The number of halogens is 4. The maximum absolute atomic E-state index is 12.6. The van der Waals surface area contributed by atoms with Crippen LogP contribution in [0.5, 0.6) is 5.75 Å². The molecule has 1 atom stereocenters. The highest BCUT2D eigenvalue weighted by Gasteiger charge is 2.30. The summed E-state index contributed by atoms with van der Waals surface area (Å²) in [6, 6.07) is 5.21. The second-order valence-electron chi connectivity index (χ2n) is 6.66. The zero-order valence-electron chi connectivity index (χ0n) is 15.3. The van der Waals surface area contributed by atoms with Crippen LogP contribution in [0.25, 0.3) is 0 Å². The fourth-order valence-electron chi connectivity index (χ4n) is 3.74. The van der Waals surface area contributed by atoms with Gasteiger partial charge in [-0.25, -0.2) is 0 Å². The SMILES string of the molecule is CN=C(NCc1cc(Cl)ccc1OC(F)F)N1CCC(N2CCCC2)C1.I. The first-order chi connectivity index (χ1) is 12.6. The van der Waals surface area contributed by atoms with E-state index in [1.165, 1.54) is 32.0 Å². The second kappa shape index (κ2) is 10.6. The van der Waals surface area contributed by atoms with Crippen molar-refractivity contribution in [3.63, 3.8) is 0 Å². The molecule has 1 unspecified atom stereocenters. The summed E-state index contributed by atoms with van der Waals surface area (Å²) in [5.41, 5.74) is 0.578. The lowest BCUT2D eigenvalue weighted by molar-refractivity contribution is -0.0504. The van der Waals surface area contributed by atoms with Crippen molar-refractivity contribution in [1.82, 2.24) is 15.1 Å². The van der Waals surface area contributed by atoms with E-state index in [1.807, 2.05) is 0 Å². The van der Waals surface area contributed by atoms with E-state index < -0.39 is 6.61 Å². The number of likely N-dealkylation sites (tertiary alicyclic amines) is 2. The van der Waals surface area contributed by atoms with Gasteiger partial charge >= 0.3 is 6.61 Å². The van der Waals surface area contributed by atoms with Gasteiger partial charge in [-0.2, -0.15) is 8.78 Å². The number of nitrogens with zero attached hydrogens (tertiary/aromatic N) is 3. The smallest absolute Gasteiger partial charge is 0.387 e. The zero-order valence-corrected chi connectivity index (χ0v) is 18.4. The van der Waals surface area contributed by atoms with Crippen LogP contribution in [0.4, 0.5) is 8.78 Å². The normalized spacial score (nSPS) is 20.9. The Kier molecular flexibility index (Phi) is 8.81. The third-order valence-electron chi connectivity index (χ3n) is 5.01. The van der Waals surface area contributed by atoms with Gasteiger partial charge in [0.25, 0.3) is 0 Å². The third-order valence-corrected chi connectivity index (χ3v) is 5.24. The van der Waals surface area contributed by atoms with Gasteiger partial charge in [-0.3, -0.25) is 9.89 Å². The molecule has 1 aromatic carbocycles. The van der Waals surface area contributed by atoms with Crippen LogP contribution in [0.2, 0.25) is 5.02 Å². The summed E-state index contributed by atoms with van der Waals surface area (Å²) in [5.74, 6) is 0.901. The minimum Gasteiger partial charge on any atom is -0.434 e. The molecule has 9 heteroatoms. The molecule has 0 spiro atoms. The molecule has 0 aliphatic carbocycles. The summed E-state index contributed by atoms with van der Waals surface area (Å²) in [5, 5.41) is 3.73. The number of nitrogens with one attached hydrogen (secondary N) is 1. The summed E-state index contributed by atoms with van der Waals surface area (Å²) < 4.78 is 29.8. The van der Waals surface area contributed by atoms with Crippen LogP contribution < -0.4 is 10.1 Å². The van der Waals surface area contributed by atoms with Gasteiger partial charge in [0, 0.05) is 43.3 Å². The van der Waals surface area contributed by atoms with E-state index in [2.05, 4.69) is 24.8 Å². The van der Waals surface area contributed by atoms with Crippen LogP contribution in [0.15, 0.2) is 23.2 Å². The molecule has 2 aliphatic heterocycles. The number of hydrogen-bond donors (Lipinski definition) is 1. The van der Waals surface area contributed by atoms with E-state index in [-0.39, 0.29) is 29.7 Å². The van der Waals surface area contributed by atoms with Gasteiger partial charge in [-0.05, 0) is 50.6 Å². The van der Waals surface area contributed by atoms with Crippen molar-refractivity contribution in [3.8, 4) is 5.75 Å². The number of guanidine groups is 1. The maximum Gasteiger partial charge on any atom is 0.387 e. The molecule has 2 aliphatic rings. The van der Waals surface area contributed by atoms with Crippen molar-refractivity contribution < 1.29 is 13.5 Å². The Bertz CT molecular complexity index is 644. The van der Waals surface area contributed by atoms with Gasteiger partial charge in [0.15, 0.2) is 5.96 Å². The molecule has 0 bridgehead atoms. The molecule has 27 heavy (non-hydrogen) atoms. The van der Waals surface area contributed by atoms with E-state index in [0.29, 0.717) is 23.2 Å². The van der Waals surface area contributed by atoms with Gasteiger partial charge in [0.1, 0.15) is 5.75 Å². The largest absolute Gasteiger partial charge is 0.434 e. The lowest BCUT2D eigenvalue weighted by atomic mass is 10.2. The Labute approximate surface area is 181 Å². The van der Waals surface area contributed by atoms with E-state index in [9.17, 15) is 8.78 Å². The van der Waals surface area contributed by atoms with Crippen LogP contribution in [0.3, 0.4) is 0 Å². The van der Waals surface area contributed by atoms with Gasteiger partial charge < -0.3 is 15.0 Å². The molecule has 0 saturated carbocycles. The molecular weight excluding hydrogens is 489 g/mol. The van der Waals surface area contributed by atoms with Crippen molar-refractivity contribution >= 4 is 41.5 Å². The van der Waals surface area contributed by atoms with E-state index in [0.717, 1.165) is 25.5 Å². The zero-order chi connectivity index (χ0) is 18.5. The summed E-state index contributed by atoms with van der Waals surface area (Å²) in [4.78, 5) is 9.13. The fraction of sp³-hybridized carbons (Fsp3) is 0.611. The minimum atomic E-state index is -2.87. The van der Waals surface area contributed by atoms with E-state index in [4.69, 9.17) is 11.6 Å². The van der Waals surface area contributed by atoms with Crippen molar-refractivity contribution in [3.05, 3.63) is 28.8 Å². The van der Waals surface area contributed by atoms with Crippen molar-refractivity contribution in [2.75, 3.05) is 33.2 Å². The molecule has 0 radical (unpaired) electrons. The number of aliphatic imine (C=N–C) groups is 1. The molecule has 152 valence electrons. The Balaban J connectivity index is 0.00000261. The van der Waals surface area contributed by atoms with Crippen LogP contribution in [0.1, 0.15) is 24.8 Å². The first kappa shape index (κ1) is 22.4. The summed E-state index contributed by atoms with van der Waals surface area (Å²) in [6.07, 6.45) is 3.69. The molecule has 3 rings (SSSR count). The highest BCUT2D eigenvalue weighted by Crippen LogP contribution is 2.25. The van der Waals surface area contributed by atoms with Crippen LogP contribution in [-0.4, -0.2) is 61.6 Å². The summed E-state index contributed by atoms with van der Waals surface area (Å²) in [6.45, 7) is 1.70. The first-order valence-electron chi connectivity index (χ1n) is 8.99. The Morgan fingerprint density at radius 3 is 2.74 bits per heavy atom. The molecule has 2 heterocycles. The predicted molar refractivity (Wildman–Crippen MR) is 114 cm³/mol. The third kappa shape index (κ3) is 6.05. The maximum atomic E-state index is 12.6. The predicted octanol–water partition coefficient (Wildman–Crippen LogP) is 3.80. The Hall–Kier alpha value is -0.870. The lowest BCUT2D eigenvalue weighted by Gasteiger charge is -2.25. The first-order valence-corrected chi connectivity index (χ1v) is 9.37. The molecular formula is C18H26ClF2IN4O. The molecule has 0 aromatic heterocycles. The van der Waals surface area contributed by atoms with Crippen molar-refractivity contribution in [2.24, 2.45) is 4.99 Å². The average molecular weight is 515 g/mol. The van der Waals surface area contributed by atoms with Gasteiger partial charge in [0.2, 0.25) is 0 Å². The molecule has 1 aromatic rings. The number of rotatable bonds is 5. The second-order valence-corrected chi connectivity index (χ2v) is 7.10. The topological polar surface area (TPSA) is 40.1 Å². The summed E-state index contributed by atoms with van der Waals surface area (Å²) >= 11 is 6.00. The molecule has 2 fully saturated rings. The number of benzene rings is 1. The quantitative estimate of drug-likeness (QED) is 0.369. The Morgan fingerprint density at radius 1 is 1.33 bits per heavy atom. The van der Waals surface area contributed by atoms with Crippen LogP contribution in [-0.2, 0) is 6.54 Å². The van der Waals surface area contributed by atoms with Gasteiger partial charge in [-0.15, -0.1) is 24.0 Å². The van der Waals surface area contributed by atoms with Crippen molar-refractivity contribution in [1.29, 1.82) is 0 Å². The molecule has 1 N–H and O–H groups in total. The summed E-state index contributed by atoms with van der Waals surface area (Å²) in [7, 11) is 1.74. The molecule has 5 nitrogen and oxygen atoms in total. The number of ether oxygens (including phenoxy) is 1. The highest BCUT2D eigenvalue weighted by molar-refractivity contribution is 14.0. The van der Waals surface area contributed by atoms with Crippen LogP contribution in [0, 0.1) is 0 Å². The minimum absolute atomic E-state index is 0. The standard InChI is InChI=1S/C18H25ClF2N4O.HI/c1-22-18(25-9-6-15(12-25)24-7-2-3-8-24)23-11-13-10-14(19)4-5-16(13)26-17(20)21;/h4-5,10,15,17H,2-3,6-9,11-12H2,1H3,(H,22,23);1H. The Morgan fingerprint density at radius 2 is 2.07 bits per heavy atom. The monoisotopic (exact) mass is 514 g/mol. The van der Waals surface area contributed by atoms with E-state index >= 15 is 0 Å². The number of alkyl halides is 2. The fourth-order valence-corrected chi connectivity index (χ4v) is 3.94.